The van der Waals surface area contributed by atoms with Crippen LogP contribution in [0.5, 0.6) is 0 Å². The lowest BCUT2D eigenvalue weighted by atomic mass is 9.85. The predicted molar refractivity (Wildman–Crippen MR) is 180 cm³/mol. The van der Waals surface area contributed by atoms with Gasteiger partial charge in [-0.3, -0.25) is 14.9 Å². The molecule has 1 unspecified atom stereocenters. The number of amides is 1. The number of nitrogens with one attached hydrogen (secondary N) is 1. The first-order valence-corrected chi connectivity index (χ1v) is 16.2. The molecule has 0 spiro atoms. The Morgan fingerprint density at radius 1 is 0.977 bits per heavy atom. The second-order valence-electron chi connectivity index (χ2n) is 11.7. The van der Waals surface area contributed by atoms with Crippen LogP contribution in [0, 0.1) is 5.92 Å². The van der Waals surface area contributed by atoms with Crippen LogP contribution < -0.4 is 16.0 Å². The summed E-state index contributed by atoms with van der Waals surface area (Å²) in [6, 6.07) is 26.5. The Hall–Kier alpha value is -4.01. The third-order valence-corrected chi connectivity index (χ3v) is 9.23. The van der Waals surface area contributed by atoms with Crippen molar-refractivity contribution in [3.05, 3.63) is 106 Å². The van der Waals surface area contributed by atoms with Gasteiger partial charge in [-0.05, 0) is 40.7 Å². The molecule has 0 aliphatic rings. The van der Waals surface area contributed by atoms with Gasteiger partial charge in [0.05, 0.1) is 17.2 Å². The number of rotatable bonds is 16. The van der Waals surface area contributed by atoms with Gasteiger partial charge in [-0.15, -0.1) is 11.3 Å². The second-order valence-corrected chi connectivity index (χ2v) is 12.6. The summed E-state index contributed by atoms with van der Waals surface area (Å²) >= 11 is 1.43. The van der Waals surface area contributed by atoms with Crippen LogP contribution in [0.4, 0.5) is 5.69 Å². The summed E-state index contributed by atoms with van der Waals surface area (Å²) in [7, 11) is 0. The average Bonchev–Trinajstić information content (AvgIpc) is 3.50. The first kappa shape index (κ1) is 32.9. The highest BCUT2D eigenvalue weighted by atomic mass is 32.1. The van der Waals surface area contributed by atoms with E-state index in [1.54, 1.807) is 24.3 Å². The van der Waals surface area contributed by atoms with Gasteiger partial charge >= 0.3 is 5.97 Å². The van der Waals surface area contributed by atoms with E-state index in [2.05, 4.69) is 86.4 Å². The Morgan fingerprint density at radius 2 is 1.64 bits per heavy atom. The van der Waals surface area contributed by atoms with E-state index in [1.165, 1.54) is 28.2 Å². The molecule has 0 saturated heterocycles. The molecule has 4 aromatic rings. The van der Waals surface area contributed by atoms with E-state index in [0.29, 0.717) is 22.4 Å². The van der Waals surface area contributed by atoms with Gasteiger partial charge in [0.1, 0.15) is 5.54 Å². The predicted octanol–water partition coefficient (Wildman–Crippen LogP) is 6.97. The second kappa shape index (κ2) is 15.1. The topological polar surface area (TPSA) is 109 Å². The van der Waals surface area contributed by atoms with E-state index in [-0.39, 0.29) is 6.42 Å². The van der Waals surface area contributed by atoms with E-state index < -0.39 is 24.0 Å². The summed E-state index contributed by atoms with van der Waals surface area (Å²) in [5.74, 6) is -0.594. The van der Waals surface area contributed by atoms with Crippen LogP contribution in [0.15, 0.2) is 84.2 Å². The molecule has 44 heavy (non-hydrogen) atoms. The molecule has 1 heterocycles. The molecule has 0 aliphatic carbocycles. The Morgan fingerprint density at radius 3 is 2.20 bits per heavy atom. The van der Waals surface area contributed by atoms with Crippen molar-refractivity contribution in [2.75, 3.05) is 18.0 Å². The minimum Gasteiger partial charge on any atom is -0.480 e. The van der Waals surface area contributed by atoms with Crippen molar-refractivity contribution in [1.29, 1.82) is 0 Å². The summed E-state index contributed by atoms with van der Waals surface area (Å²) in [6.45, 7) is 10.4. The van der Waals surface area contributed by atoms with Crippen LogP contribution in [0.25, 0.3) is 11.3 Å². The fourth-order valence-corrected chi connectivity index (χ4v) is 6.36. The van der Waals surface area contributed by atoms with Crippen molar-refractivity contribution in [3.8, 4) is 11.3 Å². The van der Waals surface area contributed by atoms with Crippen LogP contribution in [-0.2, 0) is 28.1 Å². The molecule has 1 atom stereocenters. The molecular formula is C36H44N4O3S. The maximum absolute atomic E-state index is 12.8. The zero-order chi connectivity index (χ0) is 31.7. The molecule has 0 radical (unpaired) electrons. The number of anilines is 1. The summed E-state index contributed by atoms with van der Waals surface area (Å²) in [6.07, 6.45) is 2.44. The van der Waals surface area contributed by atoms with Gasteiger partial charge in [0.2, 0.25) is 5.91 Å². The number of carboxylic acids is 1. The smallest absolute Gasteiger partial charge is 0.317 e. The van der Waals surface area contributed by atoms with Crippen molar-refractivity contribution < 1.29 is 14.7 Å². The van der Waals surface area contributed by atoms with E-state index in [4.69, 9.17) is 10.7 Å². The zero-order valence-corrected chi connectivity index (χ0v) is 26.9. The third-order valence-electron chi connectivity index (χ3n) is 8.38. The van der Waals surface area contributed by atoms with E-state index in [1.807, 2.05) is 11.4 Å². The lowest BCUT2D eigenvalue weighted by Gasteiger charge is -2.31. The van der Waals surface area contributed by atoms with Gasteiger partial charge in [0, 0.05) is 36.1 Å². The molecular weight excluding hydrogens is 568 g/mol. The Kier molecular flexibility index (Phi) is 11.3. The van der Waals surface area contributed by atoms with Crippen molar-refractivity contribution in [3.63, 3.8) is 0 Å². The van der Waals surface area contributed by atoms with Gasteiger partial charge in [0.25, 0.3) is 0 Å². The normalized spacial score (nSPS) is 12.8. The summed E-state index contributed by atoms with van der Waals surface area (Å²) in [5.41, 5.74) is 10.7. The van der Waals surface area contributed by atoms with Gasteiger partial charge < -0.3 is 15.7 Å². The van der Waals surface area contributed by atoms with Gasteiger partial charge in [0.15, 0.2) is 0 Å². The maximum Gasteiger partial charge on any atom is 0.317 e. The van der Waals surface area contributed by atoms with E-state index in [0.717, 1.165) is 37.2 Å². The van der Waals surface area contributed by atoms with Crippen molar-refractivity contribution in [2.24, 2.45) is 11.7 Å². The lowest BCUT2D eigenvalue weighted by Crippen LogP contribution is -2.55. The number of hydrogen-bond acceptors (Lipinski definition) is 6. The first-order chi connectivity index (χ1) is 21.1. The lowest BCUT2D eigenvalue weighted by molar-refractivity contribution is -0.136. The average molecular weight is 613 g/mol. The summed E-state index contributed by atoms with van der Waals surface area (Å²) < 4.78 is 0. The number of nitrogens with zero attached hydrogens (tertiary/aromatic N) is 2. The number of nitrogens with two attached hydrogens (primary N) is 1. The molecule has 0 aliphatic heterocycles. The third kappa shape index (κ3) is 8.12. The van der Waals surface area contributed by atoms with Crippen molar-refractivity contribution >= 4 is 28.9 Å². The number of primary amides is 1. The van der Waals surface area contributed by atoms with Crippen molar-refractivity contribution in [1.82, 2.24) is 10.3 Å². The number of aliphatic carboxylic acids is 1. The molecule has 3 aromatic carbocycles. The maximum atomic E-state index is 12.8. The molecule has 0 bridgehead atoms. The number of hydrogen-bond donors (Lipinski definition) is 3. The molecule has 7 nitrogen and oxygen atoms in total. The highest BCUT2D eigenvalue weighted by Crippen LogP contribution is 2.31. The number of aromatic nitrogens is 1. The highest BCUT2D eigenvalue weighted by molar-refractivity contribution is 7.10. The molecule has 1 aromatic heterocycles. The minimum atomic E-state index is -1.40. The zero-order valence-electron chi connectivity index (χ0n) is 26.1. The molecule has 0 saturated carbocycles. The SMILES string of the molecule is CCC(CC)CN(Cc1ccc(-c2csc(CC(NCC(=O)O)(C(N)=O)c3ccccc3)n2)cc1)c1ccc(C(C)C)cc1. The molecule has 1 amide bonds. The number of carboxylic acid groups (broad SMARTS) is 1. The number of carbonyl (C=O) groups excluding carboxylic acids is 1. The van der Waals surface area contributed by atoms with Gasteiger partial charge in [-0.2, -0.15) is 0 Å². The van der Waals surface area contributed by atoms with Crippen LogP contribution >= 0.6 is 11.3 Å². The van der Waals surface area contributed by atoms with Gasteiger partial charge in [-0.25, -0.2) is 4.98 Å². The fourth-order valence-electron chi connectivity index (χ4n) is 5.47. The van der Waals surface area contributed by atoms with Crippen LogP contribution in [-0.4, -0.2) is 35.1 Å². The standard InChI is InChI=1S/C36H44N4O3S/c1-5-26(6-2)22-40(31-18-16-28(17-19-31)25(3)4)23-27-12-14-29(15-13-27)32-24-44-33(39-32)20-36(35(37)43,38-21-34(41)42)30-10-8-7-9-11-30/h7-19,24-26,38H,5-6,20-23H2,1-4H3,(H2,37,43)(H,41,42). The largest absolute Gasteiger partial charge is 0.480 e. The molecule has 0 fully saturated rings. The number of carbonyl (C=O) groups is 2. The fraction of sp³-hybridized carbons (Fsp3) is 0.361. The Bertz CT molecular complexity index is 1500. The molecule has 4 rings (SSSR count). The Labute approximate surface area is 265 Å². The minimum absolute atomic E-state index is 0.142. The Balaban J connectivity index is 1.54. The van der Waals surface area contributed by atoms with Crippen LogP contribution in [0.2, 0.25) is 0 Å². The summed E-state index contributed by atoms with van der Waals surface area (Å²) in [5, 5.41) is 14.9. The quantitative estimate of drug-likeness (QED) is 0.126. The highest BCUT2D eigenvalue weighted by Gasteiger charge is 2.40. The summed E-state index contributed by atoms with van der Waals surface area (Å²) in [4.78, 5) is 31.6. The van der Waals surface area contributed by atoms with Gasteiger partial charge in [-0.1, -0.05) is 107 Å². The number of benzene rings is 3. The number of thiazole rings is 1. The monoisotopic (exact) mass is 612 g/mol. The van der Waals surface area contributed by atoms with E-state index in [9.17, 15) is 14.7 Å². The molecule has 8 heteroatoms. The molecule has 232 valence electrons. The van der Waals surface area contributed by atoms with Crippen LogP contribution in [0.1, 0.15) is 68.2 Å². The van der Waals surface area contributed by atoms with Crippen LogP contribution in [0.3, 0.4) is 0 Å². The van der Waals surface area contributed by atoms with Crippen molar-refractivity contribution in [2.45, 2.75) is 65.0 Å². The molecule has 4 N–H and O–H groups in total. The first-order valence-electron chi connectivity index (χ1n) is 15.4. The van der Waals surface area contributed by atoms with E-state index >= 15 is 0 Å².